The smallest absolute Gasteiger partial charge is 0.288 e. The first-order valence-electron chi connectivity index (χ1n) is 2.68. The van der Waals surface area contributed by atoms with Crippen LogP contribution in [0.5, 0.6) is 0 Å². The average molecular weight is 138 g/mol. The lowest BCUT2D eigenvalue weighted by atomic mass is 10.6. The van der Waals surface area contributed by atoms with Crippen molar-refractivity contribution in [1.82, 2.24) is 20.3 Å². The molecule has 0 saturated carbocycles. The number of amides is 1. The Morgan fingerprint density at radius 1 is 1.50 bits per heavy atom. The summed E-state index contributed by atoms with van der Waals surface area (Å²) in [6.07, 6.45) is 2.55. The fourth-order valence-electron chi connectivity index (χ4n) is 0.468. The normalized spacial score (nSPS) is 8.90. The molecule has 0 aromatic carbocycles. The number of carbonyl (C=O) groups is 1. The topological polar surface area (TPSA) is 67.8 Å². The number of nitrogens with one attached hydrogen (secondary N) is 1. The van der Waals surface area contributed by atoms with Gasteiger partial charge >= 0.3 is 0 Å². The van der Waals surface area contributed by atoms with Gasteiger partial charge in [0.15, 0.2) is 0 Å². The molecule has 1 aromatic rings. The van der Waals surface area contributed by atoms with E-state index in [0.29, 0.717) is 0 Å². The van der Waals surface area contributed by atoms with Gasteiger partial charge in [-0.05, 0) is 0 Å². The van der Waals surface area contributed by atoms with Crippen LogP contribution in [0, 0.1) is 0 Å². The van der Waals surface area contributed by atoms with Crippen molar-refractivity contribution < 1.29 is 4.79 Å². The minimum atomic E-state index is -0.303. The number of aromatic nitrogens is 3. The summed E-state index contributed by atoms with van der Waals surface area (Å²) in [5.41, 5.74) is 0. The Kier molecular flexibility index (Phi) is 1.89. The number of hydrogen-bond donors (Lipinski definition) is 1. The van der Waals surface area contributed by atoms with E-state index in [4.69, 9.17) is 0 Å². The van der Waals surface area contributed by atoms with E-state index >= 15 is 0 Å². The number of hydrogen-bond acceptors (Lipinski definition) is 4. The van der Waals surface area contributed by atoms with Crippen LogP contribution in [0.15, 0.2) is 12.7 Å². The van der Waals surface area contributed by atoms with Crippen molar-refractivity contribution >= 4 is 5.91 Å². The van der Waals surface area contributed by atoms with Gasteiger partial charge in [0.05, 0.1) is 0 Å². The Bertz CT molecular complexity index is 222. The molecule has 0 radical (unpaired) electrons. The van der Waals surface area contributed by atoms with Crippen LogP contribution in [0.3, 0.4) is 0 Å². The summed E-state index contributed by atoms with van der Waals surface area (Å²) in [5, 5.41) is 2.39. The van der Waals surface area contributed by atoms with E-state index in [0.717, 1.165) is 0 Å². The van der Waals surface area contributed by atoms with Gasteiger partial charge in [0.2, 0.25) is 5.82 Å². The van der Waals surface area contributed by atoms with E-state index in [1.54, 1.807) is 0 Å². The molecule has 0 aliphatic heterocycles. The molecule has 0 bridgehead atoms. The molecular formula is C5H6N4O. The Labute approximate surface area is 57.5 Å². The lowest BCUT2D eigenvalue weighted by Gasteiger charge is -1.93. The highest BCUT2D eigenvalue weighted by molar-refractivity contribution is 5.89. The van der Waals surface area contributed by atoms with Crippen molar-refractivity contribution in [2.75, 3.05) is 7.05 Å². The standard InChI is InChI=1S/C5H6N4O/c1-6-5(10)4-8-2-7-3-9-4/h2-3H,1H3,(H,6,10). The Balaban J connectivity index is 2.85. The summed E-state index contributed by atoms with van der Waals surface area (Å²) in [6.45, 7) is 0. The summed E-state index contributed by atoms with van der Waals surface area (Å²) in [5.74, 6) is -0.167. The van der Waals surface area contributed by atoms with Crippen LogP contribution in [0.4, 0.5) is 0 Å². The summed E-state index contributed by atoms with van der Waals surface area (Å²) >= 11 is 0. The Morgan fingerprint density at radius 2 is 2.10 bits per heavy atom. The van der Waals surface area contributed by atoms with Crippen molar-refractivity contribution in [1.29, 1.82) is 0 Å². The third-order valence-electron chi connectivity index (χ3n) is 0.924. The van der Waals surface area contributed by atoms with E-state index in [1.807, 2.05) is 0 Å². The molecule has 1 aromatic heterocycles. The molecule has 52 valence electrons. The SMILES string of the molecule is CNC(=O)c1ncncn1. The summed E-state index contributed by atoms with van der Waals surface area (Å²) in [7, 11) is 1.52. The fraction of sp³-hybridized carbons (Fsp3) is 0.200. The highest BCUT2D eigenvalue weighted by atomic mass is 16.2. The third-order valence-corrected chi connectivity index (χ3v) is 0.924. The van der Waals surface area contributed by atoms with E-state index in [2.05, 4.69) is 20.3 Å². The van der Waals surface area contributed by atoms with Crippen LogP contribution in [-0.4, -0.2) is 27.9 Å². The zero-order chi connectivity index (χ0) is 7.40. The fourth-order valence-corrected chi connectivity index (χ4v) is 0.468. The molecule has 0 aliphatic rings. The maximum absolute atomic E-state index is 10.7. The van der Waals surface area contributed by atoms with Gasteiger partial charge < -0.3 is 5.32 Å². The van der Waals surface area contributed by atoms with Crippen LogP contribution in [0.1, 0.15) is 10.6 Å². The van der Waals surface area contributed by atoms with Crippen molar-refractivity contribution in [3.05, 3.63) is 18.5 Å². The first kappa shape index (κ1) is 6.60. The summed E-state index contributed by atoms with van der Waals surface area (Å²) in [6, 6.07) is 0. The first-order chi connectivity index (χ1) is 4.84. The minimum absolute atomic E-state index is 0.137. The molecule has 1 N–H and O–H groups in total. The second-order valence-corrected chi connectivity index (χ2v) is 1.54. The van der Waals surface area contributed by atoms with Gasteiger partial charge in [0, 0.05) is 7.05 Å². The highest BCUT2D eigenvalue weighted by Crippen LogP contribution is 1.81. The van der Waals surface area contributed by atoms with Gasteiger partial charge in [-0.25, -0.2) is 15.0 Å². The lowest BCUT2D eigenvalue weighted by Crippen LogP contribution is -2.20. The number of nitrogens with zero attached hydrogens (tertiary/aromatic N) is 3. The minimum Gasteiger partial charge on any atom is -0.352 e. The molecule has 0 aliphatic carbocycles. The molecule has 5 nitrogen and oxygen atoms in total. The Hall–Kier alpha value is -1.52. The largest absolute Gasteiger partial charge is 0.352 e. The van der Waals surface area contributed by atoms with Gasteiger partial charge in [-0.3, -0.25) is 4.79 Å². The highest BCUT2D eigenvalue weighted by Gasteiger charge is 2.02. The summed E-state index contributed by atoms with van der Waals surface area (Å²) < 4.78 is 0. The van der Waals surface area contributed by atoms with Gasteiger partial charge in [-0.1, -0.05) is 0 Å². The maximum Gasteiger partial charge on any atom is 0.288 e. The molecule has 0 fully saturated rings. The second-order valence-electron chi connectivity index (χ2n) is 1.54. The van der Waals surface area contributed by atoms with E-state index in [9.17, 15) is 4.79 Å². The number of carbonyl (C=O) groups excluding carboxylic acids is 1. The average Bonchev–Trinajstić information content (AvgIpc) is 2.05. The predicted octanol–water partition coefficient (Wildman–Crippen LogP) is -0.769. The molecule has 0 unspecified atom stereocenters. The van der Waals surface area contributed by atoms with Gasteiger partial charge in [0.25, 0.3) is 5.91 Å². The van der Waals surface area contributed by atoms with Crippen LogP contribution in [-0.2, 0) is 0 Å². The molecule has 0 spiro atoms. The maximum atomic E-state index is 10.7. The number of rotatable bonds is 1. The van der Waals surface area contributed by atoms with E-state index in [-0.39, 0.29) is 11.7 Å². The quantitative estimate of drug-likeness (QED) is 0.553. The van der Waals surface area contributed by atoms with Crippen LogP contribution >= 0.6 is 0 Å². The van der Waals surface area contributed by atoms with Crippen molar-refractivity contribution in [2.45, 2.75) is 0 Å². The lowest BCUT2D eigenvalue weighted by molar-refractivity contribution is 0.0952. The molecule has 5 heteroatoms. The first-order valence-corrected chi connectivity index (χ1v) is 2.68. The van der Waals surface area contributed by atoms with Gasteiger partial charge in [-0.15, -0.1) is 0 Å². The Morgan fingerprint density at radius 3 is 2.60 bits per heavy atom. The van der Waals surface area contributed by atoms with Gasteiger partial charge in [0.1, 0.15) is 12.7 Å². The second kappa shape index (κ2) is 2.86. The third kappa shape index (κ3) is 1.25. The predicted molar refractivity (Wildman–Crippen MR) is 33.2 cm³/mol. The molecule has 1 rings (SSSR count). The van der Waals surface area contributed by atoms with E-state index < -0.39 is 0 Å². The van der Waals surface area contributed by atoms with E-state index in [1.165, 1.54) is 19.7 Å². The van der Waals surface area contributed by atoms with Crippen LogP contribution in [0.2, 0.25) is 0 Å². The van der Waals surface area contributed by atoms with Crippen molar-refractivity contribution in [3.63, 3.8) is 0 Å². The van der Waals surface area contributed by atoms with Crippen LogP contribution in [0.25, 0.3) is 0 Å². The molecule has 10 heavy (non-hydrogen) atoms. The van der Waals surface area contributed by atoms with Crippen molar-refractivity contribution in [2.24, 2.45) is 0 Å². The molecule has 1 amide bonds. The van der Waals surface area contributed by atoms with Gasteiger partial charge in [-0.2, -0.15) is 0 Å². The summed E-state index contributed by atoms with van der Waals surface area (Å²) in [4.78, 5) is 21.5. The molecule has 1 heterocycles. The monoisotopic (exact) mass is 138 g/mol. The molecular weight excluding hydrogens is 132 g/mol. The van der Waals surface area contributed by atoms with Crippen LogP contribution < -0.4 is 5.32 Å². The zero-order valence-electron chi connectivity index (χ0n) is 5.40. The zero-order valence-corrected chi connectivity index (χ0v) is 5.40. The molecule has 0 saturated heterocycles. The molecule has 0 atom stereocenters. The van der Waals surface area contributed by atoms with Crippen molar-refractivity contribution in [3.8, 4) is 0 Å².